The molecule has 0 bridgehead atoms. The Bertz CT molecular complexity index is 839. The molecule has 0 aromatic carbocycles. The number of nitrogens with one attached hydrogen (secondary N) is 1. The van der Waals surface area contributed by atoms with Crippen molar-refractivity contribution in [2.45, 2.75) is 23.2 Å². The Hall–Kier alpha value is -1.17. The van der Waals surface area contributed by atoms with E-state index in [0.29, 0.717) is 10.1 Å². The second kappa shape index (κ2) is 9.55. The van der Waals surface area contributed by atoms with Gasteiger partial charge in [-0.1, -0.05) is 0 Å². The van der Waals surface area contributed by atoms with Crippen LogP contribution in [0.3, 0.4) is 0 Å². The summed E-state index contributed by atoms with van der Waals surface area (Å²) in [6.45, 7) is 6.26. The first kappa shape index (κ1) is 20.1. The van der Waals surface area contributed by atoms with E-state index in [1.807, 2.05) is 11.8 Å². The molecule has 0 spiro atoms. The van der Waals surface area contributed by atoms with E-state index in [2.05, 4.69) is 39.3 Å². The van der Waals surface area contributed by atoms with E-state index in [1.54, 1.807) is 6.20 Å². The predicted octanol–water partition coefficient (Wildman–Crippen LogP) is 0.0557. The van der Waals surface area contributed by atoms with Crippen LogP contribution >= 0.6 is 23.1 Å². The zero-order valence-electron chi connectivity index (χ0n) is 15.8. The molecule has 2 fully saturated rings. The molecule has 0 unspecified atom stereocenters. The number of thiazole rings is 1. The normalized spacial score (nSPS) is 19.4. The van der Waals surface area contributed by atoms with Crippen LogP contribution in [-0.4, -0.2) is 87.2 Å². The SMILES string of the molecule is CN1CCN(c2cc([As]c3ncc(C#N)s3)nc(SC3CCNCC3)n2)CC1. The minimum atomic E-state index is -0.334. The number of hydrogen-bond acceptors (Lipinski definition) is 9. The number of nitriles is 1. The van der Waals surface area contributed by atoms with Crippen LogP contribution in [0.25, 0.3) is 0 Å². The molecule has 2 aromatic rings. The molecule has 7 nitrogen and oxygen atoms in total. The molecule has 147 valence electrons. The van der Waals surface area contributed by atoms with E-state index in [0.717, 1.165) is 71.4 Å². The number of rotatable bonds is 5. The van der Waals surface area contributed by atoms with Gasteiger partial charge in [0.2, 0.25) is 0 Å². The summed E-state index contributed by atoms with van der Waals surface area (Å²) in [5.41, 5.74) is 0. The third-order valence-corrected chi connectivity index (χ3v) is 9.43. The van der Waals surface area contributed by atoms with Gasteiger partial charge in [-0.15, -0.1) is 0 Å². The van der Waals surface area contributed by atoms with E-state index in [-0.39, 0.29) is 15.8 Å². The molecule has 2 aliphatic heterocycles. The van der Waals surface area contributed by atoms with Crippen LogP contribution in [0.2, 0.25) is 0 Å². The van der Waals surface area contributed by atoms with Crippen LogP contribution in [-0.2, 0) is 0 Å². The number of piperazine rings is 1. The summed E-state index contributed by atoms with van der Waals surface area (Å²) in [5, 5.41) is 14.0. The average molecular weight is 476 g/mol. The van der Waals surface area contributed by atoms with Crippen molar-refractivity contribution in [1.29, 1.82) is 5.26 Å². The summed E-state index contributed by atoms with van der Waals surface area (Å²) in [5.74, 6) is 1.04. The van der Waals surface area contributed by atoms with Crippen molar-refractivity contribution < 1.29 is 0 Å². The van der Waals surface area contributed by atoms with E-state index in [1.165, 1.54) is 11.3 Å². The van der Waals surface area contributed by atoms with Gasteiger partial charge >= 0.3 is 181 Å². The Kier molecular flexibility index (Phi) is 6.86. The van der Waals surface area contributed by atoms with Crippen molar-refractivity contribution in [2.24, 2.45) is 0 Å². The Morgan fingerprint density at radius 1 is 1.25 bits per heavy atom. The number of aromatic nitrogens is 3. The number of likely N-dealkylation sites (N-methyl/N-ethyl adjacent to an activating group) is 1. The number of nitrogens with zero attached hydrogens (tertiary/aromatic N) is 6. The first-order valence-corrected chi connectivity index (χ1v) is 13.0. The maximum atomic E-state index is 9.07. The second-order valence-electron chi connectivity index (χ2n) is 6.96. The molecule has 2 saturated heterocycles. The van der Waals surface area contributed by atoms with Crippen molar-refractivity contribution in [3.8, 4) is 6.07 Å². The Morgan fingerprint density at radius 3 is 2.75 bits per heavy atom. The molecular weight excluding hydrogens is 453 g/mol. The topological polar surface area (TPSA) is 81.0 Å². The first-order chi connectivity index (χ1) is 13.7. The van der Waals surface area contributed by atoms with Crippen LogP contribution in [0.15, 0.2) is 17.4 Å². The molecule has 0 atom stereocenters. The molecular formula is C18H23AsN7S2. The molecule has 0 amide bonds. The van der Waals surface area contributed by atoms with Crippen molar-refractivity contribution in [3.63, 3.8) is 0 Å². The maximum absolute atomic E-state index is 9.07. The number of thioether (sulfide) groups is 1. The van der Waals surface area contributed by atoms with Crippen molar-refractivity contribution in [1.82, 2.24) is 25.2 Å². The second-order valence-corrected chi connectivity index (χ2v) is 12.2. The summed E-state index contributed by atoms with van der Waals surface area (Å²) in [4.78, 5) is 19.6. The zero-order chi connectivity index (χ0) is 19.3. The molecule has 0 saturated carbocycles. The molecule has 2 aliphatic rings. The van der Waals surface area contributed by atoms with Crippen LogP contribution < -0.4 is 18.5 Å². The third-order valence-electron chi connectivity index (χ3n) is 4.88. The molecule has 1 N–H and O–H groups in total. The molecule has 2 aromatic heterocycles. The quantitative estimate of drug-likeness (QED) is 0.479. The van der Waals surface area contributed by atoms with Gasteiger partial charge in [-0.25, -0.2) is 0 Å². The van der Waals surface area contributed by atoms with Crippen LogP contribution in [0, 0.1) is 11.3 Å². The van der Waals surface area contributed by atoms with E-state index < -0.39 is 0 Å². The molecule has 1 radical (unpaired) electrons. The average Bonchev–Trinajstić information content (AvgIpc) is 3.17. The van der Waals surface area contributed by atoms with Crippen LogP contribution in [0.1, 0.15) is 17.7 Å². The van der Waals surface area contributed by atoms with Gasteiger partial charge in [0.15, 0.2) is 0 Å². The Labute approximate surface area is 180 Å². The summed E-state index contributed by atoms with van der Waals surface area (Å²) in [7, 11) is 2.17. The fourth-order valence-corrected chi connectivity index (χ4v) is 7.68. The van der Waals surface area contributed by atoms with E-state index in [4.69, 9.17) is 15.2 Å². The minimum absolute atomic E-state index is 0.334. The molecule has 0 aliphatic carbocycles. The van der Waals surface area contributed by atoms with Crippen LogP contribution in [0.5, 0.6) is 0 Å². The standard InChI is InChI=1S/C18H23AsN7S2/c1-25-6-8-26(9-7-25)16-10-15(19-17-22-12-14(11-20)27-17)23-18(24-16)28-13-2-4-21-5-3-13/h10,12-13,21H,2-9H2,1H3. The van der Waals surface area contributed by atoms with Crippen molar-refractivity contribution in [3.05, 3.63) is 17.1 Å². The van der Waals surface area contributed by atoms with Gasteiger partial charge in [0.05, 0.1) is 0 Å². The molecule has 4 rings (SSSR count). The third kappa shape index (κ3) is 5.25. The number of piperidine rings is 1. The van der Waals surface area contributed by atoms with E-state index in [9.17, 15) is 0 Å². The van der Waals surface area contributed by atoms with Crippen LogP contribution in [0.4, 0.5) is 5.82 Å². The number of hydrogen-bond donors (Lipinski definition) is 1. The van der Waals surface area contributed by atoms with Gasteiger partial charge in [-0.2, -0.15) is 0 Å². The molecule has 4 heterocycles. The molecule has 10 heteroatoms. The fourth-order valence-electron chi connectivity index (χ4n) is 3.24. The van der Waals surface area contributed by atoms with Gasteiger partial charge in [0.25, 0.3) is 0 Å². The summed E-state index contributed by atoms with van der Waals surface area (Å²) >= 11 is 2.97. The fraction of sp³-hybridized carbons (Fsp3) is 0.556. The van der Waals surface area contributed by atoms with Gasteiger partial charge < -0.3 is 0 Å². The zero-order valence-corrected chi connectivity index (χ0v) is 19.3. The van der Waals surface area contributed by atoms with Crippen molar-refractivity contribution >= 4 is 52.9 Å². The summed E-state index contributed by atoms with van der Waals surface area (Å²) in [6, 6.07) is 4.33. The Morgan fingerprint density at radius 2 is 2.04 bits per heavy atom. The monoisotopic (exact) mass is 476 g/mol. The van der Waals surface area contributed by atoms with E-state index >= 15 is 0 Å². The molecule has 28 heavy (non-hydrogen) atoms. The van der Waals surface area contributed by atoms with Gasteiger partial charge in [-0.05, 0) is 0 Å². The Balaban J connectivity index is 1.57. The number of anilines is 1. The van der Waals surface area contributed by atoms with Gasteiger partial charge in [-0.3, -0.25) is 0 Å². The summed E-state index contributed by atoms with van der Waals surface area (Å²) < 4.78 is 2.10. The van der Waals surface area contributed by atoms with Crippen molar-refractivity contribution in [2.75, 3.05) is 51.2 Å². The first-order valence-electron chi connectivity index (χ1n) is 9.47. The van der Waals surface area contributed by atoms with Gasteiger partial charge in [0.1, 0.15) is 0 Å². The summed E-state index contributed by atoms with van der Waals surface area (Å²) in [6.07, 6.45) is 3.99. The predicted molar refractivity (Wildman–Crippen MR) is 115 cm³/mol. The van der Waals surface area contributed by atoms with Gasteiger partial charge in [0, 0.05) is 0 Å².